The monoisotopic (exact) mass is 312 g/mol. The Morgan fingerprint density at radius 1 is 1.04 bits per heavy atom. The van der Waals surface area contributed by atoms with E-state index in [1.54, 1.807) is 5.56 Å². The molecule has 4 fully saturated rings. The molecule has 0 saturated heterocycles. The van der Waals surface area contributed by atoms with E-state index in [-0.39, 0.29) is 0 Å². The van der Waals surface area contributed by atoms with Gasteiger partial charge in [0.25, 0.3) is 0 Å². The van der Waals surface area contributed by atoms with Crippen LogP contribution in [0, 0.1) is 23.7 Å². The molecule has 0 radical (unpaired) electrons. The van der Waals surface area contributed by atoms with E-state index in [1.165, 1.54) is 56.9 Å². The standard InChI is InChI=1S/C22H32O/c1-15(2)4-5-16-6-7-21(23-3)20(11-16)22-12-17-8-18(13-22)10-19(9-17)14-22/h6-7,11,15,17-19H,4-5,8-10,12-14H2,1-3H3. The quantitative estimate of drug-likeness (QED) is 0.672. The fourth-order valence-electron chi connectivity index (χ4n) is 6.22. The summed E-state index contributed by atoms with van der Waals surface area (Å²) in [6, 6.07) is 7.07. The van der Waals surface area contributed by atoms with Gasteiger partial charge in [0.1, 0.15) is 5.75 Å². The molecule has 4 bridgehead atoms. The van der Waals surface area contributed by atoms with E-state index in [4.69, 9.17) is 4.74 Å². The molecule has 0 unspecified atom stereocenters. The summed E-state index contributed by atoms with van der Waals surface area (Å²) in [6.07, 6.45) is 11.3. The van der Waals surface area contributed by atoms with Gasteiger partial charge in [-0.25, -0.2) is 0 Å². The van der Waals surface area contributed by atoms with Crippen LogP contribution >= 0.6 is 0 Å². The minimum Gasteiger partial charge on any atom is -0.496 e. The van der Waals surface area contributed by atoms with E-state index in [0.717, 1.165) is 29.4 Å². The molecule has 0 amide bonds. The second kappa shape index (κ2) is 5.83. The molecular weight excluding hydrogens is 280 g/mol. The normalized spacial score (nSPS) is 35.0. The van der Waals surface area contributed by atoms with Crippen molar-refractivity contribution in [2.24, 2.45) is 23.7 Å². The molecule has 126 valence electrons. The molecule has 5 rings (SSSR count). The minimum atomic E-state index is 0.438. The Bertz CT molecular complexity index is 536. The SMILES string of the molecule is COc1ccc(CCC(C)C)cc1C12CC3CC(CC(C3)C1)C2. The summed E-state index contributed by atoms with van der Waals surface area (Å²) < 4.78 is 5.82. The second-order valence-corrected chi connectivity index (χ2v) is 9.17. The van der Waals surface area contributed by atoms with E-state index in [1.807, 2.05) is 7.11 Å². The highest BCUT2D eigenvalue weighted by atomic mass is 16.5. The molecule has 1 heteroatoms. The highest BCUT2D eigenvalue weighted by molar-refractivity contribution is 5.44. The summed E-state index contributed by atoms with van der Waals surface area (Å²) in [7, 11) is 1.85. The number of aryl methyl sites for hydroxylation is 1. The highest BCUT2D eigenvalue weighted by Gasteiger charge is 2.52. The summed E-state index contributed by atoms with van der Waals surface area (Å²) in [5.41, 5.74) is 3.51. The van der Waals surface area contributed by atoms with Crippen LogP contribution in [0.5, 0.6) is 5.75 Å². The number of rotatable bonds is 5. The van der Waals surface area contributed by atoms with E-state index in [2.05, 4.69) is 32.0 Å². The van der Waals surface area contributed by atoms with Crippen molar-refractivity contribution in [1.82, 2.24) is 0 Å². The summed E-state index contributed by atoms with van der Waals surface area (Å²) in [5.74, 6) is 4.90. The van der Waals surface area contributed by atoms with E-state index in [9.17, 15) is 0 Å². The minimum absolute atomic E-state index is 0.438. The van der Waals surface area contributed by atoms with Gasteiger partial charge in [-0.1, -0.05) is 26.0 Å². The van der Waals surface area contributed by atoms with Crippen molar-refractivity contribution in [1.29, 1.82) is 0 Å². The Hall–Kier alpha value is -0.980. The molecule has 0 aliphatic heterocycles. The zero-order chi connectivity index (χ0) is 16.0. The van der Waals surface area contributed by atoms with Gasteiger partial charge in [0.15, 0.2) is 0 Å². The summed E-state index contributed by atoms with van der Waals surface area (Å²) >= 11 is 0. The Labute approximate surface area is 141 Å². The van der Waals surface area contributed by atoms with Crippen molar-refractivity contribution in [2.75, 3.05) is 7.11 Å². The van der Waals surface area contributed by atoms with Crippen LogP contribution in [0.3, 0.4) is 0 Å². The van der Waals surface area contributed by atoms with E-state index >= 15 is 0 Å². The zero-order valence-electron chi connectivity index (χ0n) is 15.1. The fraction of sp³-hybridized carbons (Fsp3) is 0.727. The fourth-order valence-corrected chi connectivity index (χ4v) is 6.22. The van der Waals surface area contributed by atoms with Crippen molar-refractivity contribution in [2.45, 2.75) is 70.6 Å². The van der Waals surface area contributed by atoms with Crippen LogP contribution in [0.4, 0.5) is 0 Å². The van der Waals surface area contributed by atoms with Gasteiger partial charge in [-0.05, 0) is 92.1 Å². The topological polar surface area (TPSA) is 9.23 Å². The van der Waals surface area contributed by atoms with Gasteiger partial charge in [0.2, 0.25) is 0 Å². The molecule has 0 atom stereocenters. The van der Waals surface area contributed by atoms with Crippen LogP contribution in [0.2, 0.25) is 0 Å². The second-order valence-electron chi connectivity index (χ2n) is 9.17. The molecule has 23 heavy (non-hydrogen) atoms. The van der Waals surface area contributed by atoms with Gasteiger partial charge in [0, 0.05) is 5.56 Å². The first-order valence-electron chi connectivity index (χ1n) is 9.75. The Balaban J connectivity index is 1.67. The maximum Gasteiger partial charge on any atom is 0.122 e. The molecule has 4 aliphatic carbocycles. The van der Waals surface area contributed by atoms with Crippen molar-refractivity contribution in [3.8, 4) is 5.75 Å². The number of methoxy groups -OCH3 is 1. The van der Waals surface area contributed by atoms with E-state index < -0.39 is 0 Å². The van der Waals surface area contributed by atoms with Crippen molar-refractivity contribution >= 4 is 0 Å². The van der Waals surface area contributed by atoms with Crippen LogP contribution in [0.15, 0.2) is 18.2 Å². The predicted molar refractivity (Wildman–Crippen MR) is 96.0 cm³/mol. The summed E-state index contributed by atoms with van der Waals surface area (Å²) in [4.78, 5) is 0. The Morgan fingerprint density at radius 3 is 2.17 bits per heavy atom. The third kappa shape index (κ3) is 2.81. The number of hydrogen-bond acceptors (Lipinski definition) is 1. The van der Waals surface area contributed by atoms with Crippen LogP contribution in [0.25, 0.3) is 0 Å². The smallest absolute Gasteiger partial charge is 0.122 e. The first-order chi connectivity index (χ1) is 11.1. The van der Waals surface area contributed by atoms with Crippen LogP contribution in [0.1, 0.15) is 69.9 Å². The van der Waals surface area contributed by atoms with Crippen molar-refractivity contribution in [3.05, 3.63) is 29.3 Å². The molecule has 4 aliphatic rings. The maximum atomic E-state index is 5.82. The van der Waals surface area contributed by atoms with E-state index in [0.29, 0.717) is 5.41 Å². The lowest BCUT2D eigenvalue weighted by Crippen LogP contribution is -2.48. The predicted octanol–water partition coefficient (Wildman–Crippen LogP) is 5.75. The molecule has 4 saturated carbocycles. The molecule has 1 aromatic carbocycles. The molecule has 0 heterocycles. The lowest BCUT2D eigenvalue weighted by molar-refractivity contribution is -0.00619. The largest absolute Gasteiger partial charge is 0.496 e. The Morgan fingerprint density at radius 2 is 1.65 bits per heavy atom. The summed E-state index contributed by atoms with van der Waals surface area (Å²) in [5, 5.41) is 0. The molecule has 0 aromatic heterocycles. The van der Waals surface area contributed by atoms with Gasteiger partial charge in [-0.2, -0.15) is 0 Å². The average Bonchev–Trinajstić information content (AvgIpc) is 2.51. The van der Waals surface area contributed by atoms with Crippen LogP contribution in [-0.2, 0) is 11.8 Å². The van der Waals surface area contributed by atoms with Gasteiger partial charge in [-0.15, -0.1) is 0 Å². The van der Waals surface area contributed by atoms with Crippen LogP contribution < -0.4 is 4.74 Å². The number of hydrogen-bond donors (Lipinski definition) is 0. The summed E-state index contributed by atoms with van der Waals surface area (Å²) in [6.45, 7) is 4.65. The lowest BCUT2D eigenvalue weighted by atomic mass is 9.48. The average molecular weight is 312 g/mol. The first-order valence-corrected chi connectivity index (χ1v) is 9.75. The lowest BCUT2D eigenvalue weighted by Gasteiger charge is -2.57. The highest BCUT2D eigenvalue weighted by Crippen LogP contribution is 2.61. The third-order valence-electron chi connectivity index (χ3n) is 6.88. The molecule has 1 nitrogen and oxygen atoms in total. The molecule has 0 spiro atoms. The van der Waals surface area contributed by atoms with Gasteiger partial charge < -0.3 is 4.74 Å². The van der Waals surface area contributed by atoms with Gasteiger partial charge >= 0.3 is 0 Å². The third-order valence-corrected chi connectivity index (χ3v) is 6.88. The first kappa shape index (κ1) is 15.5. The van der Waals surface area contributed by atoms with Gasteiger partial charge in [0.05, 0.1) is 7.11 Å². The molecule has 1 aromatic rings. The van der Waals surface area contributed by atoms with Crippen LogP contribution in [-0.4, -0.2) is 7.11 Å². The number of ether oxygens (including phenoxy) is 1. The number of benzene rings is 1. The van der Waals surface area contributed by atoms with Gasteiger partial charge in [-0.3, -0.25) is 0 Å². The Kier molecular flexibility index (Phi) is 3.94. The molecule has 0 N–H and O–H groups in total. The van der Waals surface area contributed by atoms with Crippen molar-refractivity contribution < 1.29 is 4.74 Å². The zero-order valence-corrected chi connectivity index (χ0v) is 15.1. The molecular formula is C22H32O. The van der Waals surface area contributed by atoms with Crippen molar-refractivity contribution in [3.63, 3.8) is 0 Å². The maximum absolute atomic E-state index is 5.82.